The molecule has 2 aliphatic rings. The van der Waals surface area contributed by atoms with E-state index in [9.17, 15) is 0 Å². The fourth-order valence-corrected chi connectivity index (χ4v) is 3.79. The number of hydrogen-bond donors (Lipinski definition) is 2. The van der Waals surface area contributed by atoms with Gasteiger partial charge in [0.05, 0.1) is 7.11 Å². The molecule has 1 aromatic rings. The van der Waals surface area contributed by atoms with E-state index < -0.39 is 0 Å². The standard InChI is InChI=1S/C22H34N4O.HI/c1-3-23-22(25-20-6-4-5-7-20)24-16-18-12-14-26(15-13-18)17-19-8-10-21(27-2)11-9-19;/h4-5,8-11,18,20H,3,6-7,12-17H2,1-2H3,(H2,23,24,25);1H. The number of methoxy groups -OCH3 is 1. The first kappa shape index (κ1) is 23.0. The summed E-state index contributed by atoms with van der Waals surface area (Å²) in [6.45, 7) is 7.30. The summed E-state index contributed by atoms with van der Waals surface area (Å²) in [5, 5.41) is 6.95. The first-order chi connectivity index (χ1) is 13.3. The molecule has 0 amide bonds. The number of guanidine groups is 1. The predicted octanol–water partition coefficient (Wildman–Crippen LogP) is 3.80. The third-order valence-corrected chi connectivity index (χ3v) is 5.47. The van der Waals surface area contributed by atoms with Crippen LogP contribution in [-0.2, 0) is 6.54 Å². The zero-order chi connectivity index (χ0) is 18.9. The van der Waals surface area contributed by atoms with Crippen molar-refractivity contribution in [2.45, 2.75) is 45.2 Å². The minimum absolute atomic E-state index is 0. The predicted molar refractivity (Wildman–Crippen MR) is 128 cm³/mol. The molecule has 1 heterocycles. The fraction of sp³-hybridized carbons (Fsp3) is 0.591. The van der Waals surface area contributed by atoms with Gasteiger partial charge in [-0.3, -0.25) is 9.89 Å². The summed E-state index contributed by atoms with van der Waals surface area (Å²) in [7, 11) is 1.71. The van der Waals surface area contributed by atoms with Crippen LogP contribution < -0.4 is 15.4 Å². The number of ether oxygens (including phenoxy) is 1. The van der Waals surface area contributed by atoms with Crippen molar-refractivity contribution in [2.24, 2.45) is 10.9 Å². The van der Waals surface area contributed by atoms with Crippen molar-refractivity contribution in [1.29, 1.82) is 0 Å². The maximum atomic E-state index is 5.24. The number of nitrogens with zero attached hydrogens (tertiary/aromatic N) is 2. The van der Waals surface area contributed by atoms with Gasteiger partial charge < -0.3 is 15.4 Å². The van der Waals surface area contributed by atoms with Crippen LogP contribution in [0.5, 0.6) is 5.75 Å². The van der Waals surface area contributed by atoms with Gasteiger partial charge in [-0.25, -0.2) is 0 Å². The minimum Gasteiger partial charge on any atom is -0.497 e. The van der Waals surface area contributed by atoms with Gasteiger partial charge in [-0.1, -0.05) is 24.3 Å². The molecule has 5 nitrogen and oxygen atoms in total. The molecule has 0 spiro atoms. The van der Waals surface area contributed by atoms with E-state index in [1.165, 1.54) is 18.4 Å². The Balaban J connectivity index is 0.00000280. The molecule has 2 N–H and O–H groups in total. The average Bonchev–Trinajstić information content (AvgIpc) is 3.21. The molecular weight excluding hydrogens is 463 g/mol. The smallest absolute Gasteiger partial charge is 0.191 e. The van der Waals surface area contributed by atoms with Gasteiger partial charge in [0.15, 0.2) is 5.96 Å². The number of nitrogens with one attached hydrogen (secondary N) is 2. The summed E-state index contributed by atoms with van der Waals surface area (Å²) < 4.78 is 5.24. The Morgan fingerprint density at radius 1 is 1.14 bits per heavy atom. The number of hydrogen-bond acceptors (Lipinski definition) is 3. The summed E-state index contributed by atoms with van der Waals surface area (Å²) in [4.78, 5) is 7.41. The highest BCUT2D eigenvalue weighted by molar-refractivity contribution is 14.0. The first-order valence-electron chi connectivity index (χ1n) is 10.3. The zero-order valence-electron chi connectivity index (χ0n) is 17.2. The summed E-state index contributed by atoms with van der Waals surface area (Å²) in [6, 6.07) is 8.94. The molecule has 1 saturated heterocycles. The SMILES string of the molecule is CCNC(=NCC1CCN(Cc2ccc(OC)cc2)CC1)NC1CC=CC1.I. The van der Waals surface area contributed by atoms with Crippen LogP contribution in [0.2, 0.25) is 0 Å². The molecule has 1 fully saturated rings. The van der Waals surface area contributed by atoms with Crippen molar-refractivity contribution < 1.29 is 4.74 Å². The van der Waals surface area contributed by atoms with Gasteiger partial charge in [0.1, 0.15) is 5.75 Å². The Hall–Kier alpha value is -1.28. The van der Waals surface area contributed by atoms with Crippen molar-refractivity contribution in [1.82, 2.24) is 15.5 Å². The zero-order valence-corrected chi connectivity index (χ0v) is 19.5. The maximum Gasteiger partial charge on any atom is 0.191 e. The van der Waals surface area contributed by atoms with Crippen LogP contribution in [0.25, 0.3) is 0 Å². The molecule has 3 rings (SSSR count). The Bertz CT molecular complexity index is 616. The molecule has 0 aromatic heterocycles. The quantitative estimate of drug-likeness (QED) is 0.260. The second-order valence-corrected chi connectivity index (χ2v) is 7.57. The lowest BCUT2D eigenvalue weighted by atomic mass is 9.96. The van der Waals surface area contributed by atoms with Gasteiger partial charge in [-0.15, -0.1) is 24.0 Å². The highest BCUT2D eigenvalue weighted by Gasteiger charge is 2.19. The van der Waals surface area contributed by atoms with Crippen LogP contribution >= 0.6 is 24.0 Å². The largest absolute Gasteiger partial charge is 0.497 e. The number of aliphatic imine (C=N–C) groups is 1. The molecule has 0 atom stereocenters. The summed E-state index contributed by atoms with van der Waals surface area (Å²) in [6.07, 6.45) is 9.16. The molecule has 0 radical (unpaired) electrons. The van der Waals surface area contributed by atoms with Gasteiger partial charge >= 0.3 is 0 Å². The Morgan fingerprint density at radius 3 is 2.43 bits per heavy atom. The maximum absolute atomic E-state index is 5.24. The summed E-state index contributed by atoms with van der Waals surface area (Å²) in [5.74, 6) is 2.59. The number of likely N-dealkylation sites (tertiary alicyclic amines) is 1. The van der Waals surface area contributed by atoms with E-state index >= 15 is 0 Å². The highest BCUT2D eigenvalue weighted by atomic mass is 127. The van der Waals surface area contributed by atoms with E-state index in [2.05, 4.69) is 46.7 Å². The Kier molecular flexibility index (Phi) is 10.1. The fourth-order valence-electron chi connectivity index (χ4n) is 3.79. The number of piperidine rings is 1. The van der Waals surface area contributed by atoms with Crippen LogP contribution in [0.1, 0.15) is 38.2 Å². The average molecular weight is 498 g/mol. The van der Waals surface area contributed by atoms with Crippen molar-refractivity contribution in [2.75, 3.05) is 33.3 Å². The monoisotopic (exact) mass is 498 g/mol. The number of rotatable bonds is 7. The van der Waals surface area contributed by atoms with E-state index in [0.29, 0.717) is 12.0 Å². The lowest BCUT2D eigenvalue weighted by Crippen LogP contribution is -2.43. The van der Waals surface area contributed by atoms with Crippen LogP contribution in [0.15, 0.2) is 41.4 Å². The normalized spacial score (nSPS) is 18.7. The lowest BCUT2D eigenvalue weighted by Gasteiger charge is -2.31. The van der Waals surface area contributed by atoms with Gasteiger partial charge in [-0.2, -0.15) is 0 Å². The summed E-state index contributed by atoms with van der Waals surface area (Å²) in [5.41, 5.74) is 1.36. The first-order valence-corrected chi connectivity index (χ1v) is 10.3. The van der Waals surface area contributed by atoms with E-state index in [1.54, 1.807) is 7.11 Å². The molecule has 156 valence electrons. The number of halogens is 1. The summed E-state index contributed by atoms with van der Waals surface area (Å²) >= 11 is 0. The van der Waals surface area contributed by atoms with Crippen molar-refractivity contribution in [3.8, 4) is 5.75 Å². The van der Waals surface area contributed by atoms with E-state index in [4.69, 9.17) is 9.73 Å². The van der Waals surface area contributed by atoms with Crippen LogP contribution in [0.3, 0.4) is 0 Å². The van der Waals surface area contributed by atoms with E-state index in [1.807, 2.05) is 12.1 Å². The van der Waals surface area contributed by atoms with Crippen LogP contribution in [0, 0.1) is 5.92 Å². The molecular formula is C22H35IN4O. The lowest BCUT2D eigenvalue weighted by molar-refractivity contribution is 0.180. The third-order valence-electron chi connectivity index (χ3n) is 5.47. The van der Waals surface area contributed by atoms with Crippen LogP contribution in [-0.4, -0.2) is 50.2 Å². The number of benzene rings is 1. The van der Waals surface area contributed by atoms with Crippen molar-refractivity contribution in [3.63, 3.8) is 0 Å². The van der Waals surface area contributed by atoms with Gasteiger partial charge in [0.25, 0.3) is 0 Å². The van der Waals surface area contributed by atoms with Crippen LogP contribution in [0.4, 0.5) is 0 Å². The van der Waals surface area contributed by atoms with Crippen molar-refractivity contribution >= 4 is 29.9 Å². The molecule has 0 bridgehead atoms. The van der Waals surface area contributed by atoms with Crippen molar-refractivity contribution in [3.05, 3.63) is 42.0 Å². The molecule has 0 saturated carbocycles. The van der Waals surface area contributed by atoms with E-state index in [0.717, 1.165) is 57.3 Å². The minimum atomic E-state index is 0. The van der Waals surface area contributed by atoms with E-state index in [-0.39, 0.29) is 24.0 Å². The van der Waals surface area contributed by atoms with Gasteiger partial charge in [0.2, 0.25) is 0 Å². The highest BCUT2D eigenvalue weighted by Crippen LogP contribution is 2.20. The molecule has 1 aliphatic heterocycles. The molecule has 0 unspecified atom stereocenters. The molecule has 6 heteroatoms. The third kappa shape index (κ3) is 7.28. The Morgan fingerprint density at radius 2 is 1.82 bits per heavy atom. The molecule has 28 heavy (non-hydrogen) atoms. The topological polar surface area (TPSA) is 48.9 Å². The van der Waals surface area contributed by atoms with Gasteiger partial charge in [0, 0.05) is 25.7 Å². The Labute approximate surface area is 187 Å². The molecule has 1 aliphatic carbocycles. The second-order valence-electron chi connectivity index (χ2n) is 7.57. The molecule has 1 aromatic carbocycles. The second kappa shape index (κ2) is 12.3. The van der Waals surface area contributed by atoms with Gasteiger partial charge in [-0.05, 0) is 69.3 Å².